The number of aromatic nitrogens is 4. The van der Waals surface area contributed by atoms with Gasteiger partial charge in [0.15, 0.2) is 5.65 Å². The second-order valence-electron chi connectivity index (χ2n) is 6.03. The molecule has 0 atom stereocenters. The minimum Gasteiger partial charge on any atom is -0.267 e. The molecule has 0 amide bonds. The van der Waals surface area contributed by atoms with Crippen molar-refractivity contribution in [3.63, 3.8) is 0 Å². The average molecular weight is 397 g/mol. The average Bonchev–Trinajstić information content (AvgIpc) is 3.00. The van der Waals surface area contributed by atoms with Crippen LogP contribution in [0, 0.1) is 6.92 Å². The van der Waals surface area contributed by atoms with Gasteiger partial charge >= 0.3 is 0 Å². The molecule has 7 heteroatoms. The van der Waals surface area contributed by atoms with Crippen LogP contribution in [-0.2, 0) is 0 Å². The maximum Gasteiger partial charge on any atom is 0.273 e. The van der Waals surface area contributed by atoms with Crippen LogP contribution in [0.1, 0.15) is 16.8 Å². The highest BCUT2D eigenvalue weighted by Gasteiger charge is 2.13. The number of hydrogen-bond donors (Lipinski definition) is 0. The molecule has 0 spiro atoms. The topological polar surface area (TPSA) is 52.2 Å². The fourth-order valence-electron chi connectivity index (χ4n) is 2.84. The number of nitrogens with zero attached hydrogens (tertiary/aromatic N) is 4. The second-order valence-corrected chi connectivity index (χ2v) is 6.87. The highest BCUT2D eigenvalue weighted by molar-refractivity contribution is 6.34. The molecule has 0 saturated heterocycles. The number of rotatable bonds is 3. The summed E-state index contributed by atoms with van der Waals surface area (Å²) in [6.07, 6.45) is 8.93. The highest BCUT2D eigenvalue weighted by atomic mass is 35.5. The monoisotopic (exact) mass is 396 g/mol. The van der Waals surface area contributed by atoms with E-state index in [1.54, 1.807) is 41.4 Å². The van der Waals surface area contributed by atoms with Crippen molar-refractivity contribution in [3.8, 4) is 5.69 Å². The lowest BCUT2D eigenvalue weighted by Crippen LogP contribution is -2.20. The van der Waals surface area contributed by atoms with Crippen LogP contribution in [0.4, 0.5) is 0 Å². The Hall–Kier alpha value is -2.89. The molecule has 0 radical (unpaired) electrons. The summed E-state index contributed by atoms with van der Waals surface area (Å²) in [6, 6.07) is 10.4. The molecule has 4 rings (SSSR count). The van der Waals surface area contributed by atoms with Crippen molar-refractivity contribution in [1.29, 1.82) is 0 Å². The molecule has 0 aliphatic carbocycles. The maximum absolute atomic E-state index is 12.8. The standard InChI is InChI=1S/C20H14Cl2N4O/c1-13-12-25(18-9-15(21)5-7-17(18)22)26-19(27)10-16(24-20(13)26)6-4-14-3-2-8-23-11-14/h2-12H,1H3/b6-4+. The van der Waals surface area contributed by atoms with E-state index >= 15 is 0 Å². The molecule has 0 N–H and O–H groups in total. The lowest BCUT2D eigenvalue weighted by Gasteiger charge is -2.09. The van der Waals surface area contributed by atoms with Gasteiger partial charge in [0.25, 0.3) is 5.56 Å². The molecular formula is C20H14Cl2N4O. The molecule has 0 unspecified atom stereocenters. The molecule has 0 saturated carbocycles. The van der Waals surface area contributed by atoms with Gasteiger partial charge in [-0.05, 0) is 42.8 Å². The highest BCUT2D eigenvalue weighted by Crippen LogP contribution is 2.25. The van der Waals surface area contributed by atoms with Crippen molar-refractivity contribution in [2.45, 2.75) is 6.92 Å². The van der Waals surface area contributed by atoms with Crippen LogP contribution in [0.3, 0.4) is 0 Å². The number of hydrogen-bond acceptors (Lipinski definition) is 3. The Labute approximate surface area is 165 Å². The van der Waals surface area contributed by atoms with Gasteiger partial charge in [-0.25, -0.2) is 4.98 Å². The van der Waals surface area contributed by atoms with Crippen LogP contribution < -0.4 is 5.56 Å². The molecule has 27 heavy (non-hydrogen) atoms. The first kappa shape index (κ1) is 17.5. The third-order valence-electron chi connectivity index (χ3n) is 4.09. The molecule has 1 aromatic carbocycles. The second kappa shape index (κ2) is 7.02. The van der Waals surface area contributed by atoms with Crippen LogP contribution in [0.15, 0.2) is 59.8 Å². The first-order valence-electron chi connectivity index (χ1n) is 8.18. The summed E-state index contributed by atoms with van der Waals surface area (Å²) in [5.41, 5.74) is 3.31. The van der Waals surface area contributed by atoms with Gasteiger partial charge in [-0.1, -0.05) is 35.3 Å². The Balaban J connectivity index is 1.86. The van der Waals surface area contributed by atoms with E-state index in [9.17, 15) is 4.79 Å². The lowest BCUT2D eigenvalue weighted by molar-refractivity contribution is 0.763. The van der Waals surface area contributed by atoms with Gasteiger partial charge in [-0.3, -0.25) is 14.5 Å². The summed E-state index contributed by atoms with van der Waals surface area (Å²) in [6.45, 7) is 1.89. The smallest absolute Gasteiger partial charge is 0.267 e. The Morgan fingerprint density at radius 2 is 1.96 bits per heavy atom. The first-order valence-corrected chi connectivity index (χ1v) is 8.94. The zero-order chi connectivity index (χ0) is 19.0. The van der Waals surface area contributed by atoms with Gasteiger partial charge < -0.3 is 0 Å². The predicted octanol–water partition coefficient (Wildman–Crippen LogP) is 4.67. The summed E-state index contributed by atoms with van der Waals surface area (Å²) >= 11 is 12.4. The summed E-state index contributed by atoms with van der Waals surface area (Å²) in [4.78, 5) is 21.5. The largest absolute Gasteiger partial charge is 0.273 e. The molecule has 3 heterocycles. The van der Waals surface area contributed by atoms with Crippen LogP contribution in [0.25, 0.3) is 23.5 Å². The van der Waals surface area contributed by atoms with E-state index < -0.39 is 0 Å². The molecule has 0 fully saturated rings. The van der Waals surface area contributed by atoms with E-state index in [1.165, 1.54) is 10.6 Å². The zero-order valence-corrected chi connectivity index (χ0v) is 15.8. The first-order chi connectivity index (χ1) is 13.0. The fourth-order valence-corrected chi connectivity index (χ4v) is 3.21. The zero-order valence-electron chi connectivity index (χ0n) is 14.3. The maximum atomic E-state index is 12.8. The Morgan fingerprint density at radius 1 is 1.11 bits per heavy atom. The SMILES string of the molecule is Cc1cn(-c2cc(Cl)ccc2Cl)n2c(=O)cc(/C=C/c3cccnc3)nc12. The Bertz CT molecular complexity index is 1230. The summed E-state index contributed by atoms with van der Waals surface area (Å²) in [7, 11) is 0. The van der Waals surface area contributed by atoms with E-state index in [-0.39, 0.29) is 5.56 Å². The normalized spacial score (nSPS) is 11.5. The molecule has 4 aromatic rings. The number of pyridine rings is 1. The molecule has 134 valence electrons. The van der Waals surface area contributed by atoms with Crippen molar-refractivity contribution in [1.82, 2.24) is 19.2 Å². The molecule has 0 aliphatic rings. The Kier molecular flexibility index (Phi) is 4.56. The van der Waals surface area contributed by atoms with Gasteiger partial charge in [0.2, 0.25) is 0 Å². The minimum absolute atomic E-state index is 0.213. The third kappa shape index (κ3) is 3.39. The van der Waals surface area contributed by atoms with E-state index in [4.69, 9.17) is 23.2 Å². The van der Waals surface area contributed by atoms with Crippen molar-refractivity contribution < 1.29 is 0 Å². The number of halogens is 2. The molecule has 0 aliphatic heterocycles. The summed E-state index contributed by atoms with van der Waals surface area (Å²) in [5.74, 6) is 0. The molecule has 5 nitrogen and oxygen atoms in total. The van der Waals surface area contributed by atoms with Crippen LogP contribution in [-0.4, -0.2) is 19.2 Å². The van der Waals surface area contributed by atoms with Gasteiger partial charge in [0, 0.05) is 35.2 Å². The van der Waals surface area contributed by atoms with E-state index in [0.717, 1.165) is 11.1 Å². The fraction of sp³-hybridized carbons (Fsp3) is 0.0500. The van der Waals surface area contributed by atoms with E-state index in [0.29, 0.717) is 27.1 Å². The number of fused-ring (bicyclic) bond motifs is 1. The van der Waals surface area contributed by atoms with E-state index in [2.05, 4.69) is 9.97 Å². The molecular weight excluding hydrogens is 383 g/mol. The van der Waals surface area contributed by atoms with Crippen molar-refractivity contribution in [3.05, 3.63) is 92.2 Å². The van der Waals surface area contributed by atoms with Crippen LogP contribution >= 0.6 is 23.2 Å². The molecule has 3 aromatic heterocycles. The lowest BCUT2D eigenvalue weighted by atomic mass is 10.2. The van der Waals surface area contributed by atoms with Crippen molar-refractivity contribution >= 4 is 41.0 Å². The van der Waals surface area contributed by atoms with Crippen LogP contribution in [0.2, 0.25) is 10.0 Å². The quantitative estimate of drug-likeness (QED) is 0.505. The van der Waals surface area contributed by atoms with Gasteiger partial charge in [-0.15, -0.1) is 0 Å². The summed E-state index contributed by atoms with van der Waals surface area (Å²) < 4.78 is 3.15. The van der Waals surface area contributed by atoms with E-state index in [1.807, 2.05) is 31.3 Å². The third-order valence-corrected chi connectivity index (χ3v) is 4.64. The van der Waals surface area contributed by atoms with Gasteiger partial charge in [0.1, 0.15) is 0 Å². The molecule has 0 bridgehead atoms. The van der Waals surface area contributed by atoms with Gasteiger partial charge in [0.05, 0.1) is 16.4 Å². The number of aryl methyl sites for hydroxylation is 1. The number of benzene rings is 1. The predicted molar refractivity (Wildman–Crippen MR) is 109 cm³/mol. The van der Waals surface area contributed by atoms with Crippen molar-refractivity contribution in [2.24, 2.45) is 0 Å². The van der Waals surface area contributed by atoms with Crippen molar-refractivity contribution in [2.75, 3.05) is 0 Å². The Morgan fingerprint density at radius 3 is 2.74 bits per heavy atom. The summed E-state index contributed by atoms with van der Waals surface area (Å²) in [5, 5.41) is 1.02. The van der Waals surface area contributed by atoms with Crippen LogP contribution in [0.5, 0.6) is 0 Å². The minimum atomic E-state index is -0.213. The van der Waals surface area contributed by atoms with Gasteiger partial charge in [-0.2, -0.15) is 4.52 Å².